The van der Waals surface area contributed by atoms with E-state index in [-0.39, 0.29) is 19.3 Å². The van der Waals surface area contributed by atoms with E-state index in [2.05, 4.69) is 11.8 Å². The molecule has 1 fully saturated rings. The molecule has 1 radical (unpaired) electrons. The lowest BCUT2D eigenvalue weighted by Crippen LogP contribution is -2.31. The third-order valence-corrected chi connectivity index (χ3v) is 1.40. The molecule has 0 aromatic heterocycles. The molecular formula is C7H8NO4. The van der Waals surface area contributed by atoms with Gasteiger partial charge in [-0.05, 0) is 6.92 Å². The van der Waals surface area contributed by atoms with Crippen LogP contribution >= 0.6 is 0 Å². The van der Waals surface area contributed by atoms with Gasteiger partial charge in [-0.2, -0.15) is 0 Å². The van der Waals surface area contributed by atoms with Crippen LogP contribution in [0.5, 0.6) is 0 Å². The summed E-state index contributed by atoms with van der Waals surface area (Å²) in [5.41, 5.74) is 0. The minimum absolute atomic E-state index is 0.100. The topological polar surface area (TPSA) is 63.7 Å². The van der Waals surface area contributed by atoms with Crippen LogP contribution in [0.4, 0.5) is 0 Å². The normalized spacial score (nSPS) is 16.9. The van der Waals surface area contributed by atoms with E-state index in [4.69, 9.17) is 0 Å². The summed E-state index contributed by atoms with van der Waals surface area (Å²) >= 11 is 0. The van der Waals surface area contributed by atoms with Gasteiger partial charge in [0.25, 0.3) is 11.8 Å². The number of hydroxylamine groups is 2. The molecule has 0 N–H and O–H groups in total. The second-order valence-electron chi connectivity index (χ2n) is 2.30. The van der Waals surface area contributed by atoms with Crippen molar-refractivity contribution >= 4 is 17.8 Å². The number of nitrogens with zero attached hydrogens (tertiary/aromatic N) is 1. The summed E-state index contributed by atoms with van der Waals surface area (Å²) in [6.45, 7) is 3.25. The Kier molecular flexibility index (Phi) is 2.42. The van der Waals surface area contributed by atoms with Crippen molar-refractivity contribution in [3.63, 3.8) is 0 Å². The number of hydrogen-bond acceptors (Lipinski definition) is 4. The molecule has 0 aromatic carbocycles. The highest BCUT2D eigenvalue weighted by Crippen LogP contribution is 2.12. The van der Waals surface area contributed by atoms with E-state index < -0.39 is 17.8 Å². The van der Waals surface area contributed by atoms with E-state index in [1.165, 1.54) is 0 Å². The highest BCUT2D eigenvalue weighted by molar-refractivity contribution is 6.01. The zero-order chi connectivity index (χ0) is 9.14. The van der Waals surface area contributed by atoms with Gasteiger partial charge in [0, 0.05) is 19.3 Å². The maximum Gasteiger partial charge on any atom is 0.333 e. The molecule has 1 aliphatic rings. The van der Waals surface area contributed by atoms with Gasteiger partial charge in [0.05, 0.1) is 0 Å². The van der Waals surface area contributed by atoms with Gasteiger partial charge in [0.2, 0.25) is 0 Å². The van der Waals surface area contributed by atoms with Crippen LogP contribution in [-0.4, -0.2) is 22.8 Å². The predicted molar refractivity (Wildman–Crippen MR) is 37.2 cm³/mol. The minimum Gasteiger partial charge on any atom is -0.330 e. The molecule has 1 rings (SSSR count). The van der Waals surface area contributed by atoms with Crippen LogP contribution in [0.2, 0.25) is 0 Å². The number of imide groups is 1. The lowest BCUT2D eigenvalue weighted by Gasteiger charge is -2.10. The molecule has 65 valence electrons. The van der Waals surface area contributed by atoms with Gasteiger partial charge >= 0.3 is 5.97 Å². The maximum atomic E-state index is 10.8. The number of carbonyl (C=O) groups is 3. The minimum atomic E-state index is -0.682. The molecular weight excluding hydrogens is 162 g/mol. The van der Waals surface area contributed by atoms with Crippen LogP contribution in [0.15, 0.2) is 0 Å². The Balaban J connectivity index is 2.56. The molecule has 1 saturated heterocycles. The van der Waals surface area contributed by atoms with Crippen molar-refractivity contribution in [3.8, 4) is 0 Å². The van der Waals surface area contributed by atoms with E-state index in [1.807, 2.05) is 0 Å². The third kappa shape index (κ3) is 1.61. The molecule has 0 aliphatic carbocycles. The van der Waals surface area contributed by atoms with Gasteiger partial charge in [-0.3, -0.25) is 9.59 Å². The monoisotopic (exact) mass is 170 g/mol. The van der Waals surface area contributed by atoms with Gasteiger partial charge in [-0.25, -0.2) is 4.79 Å². The Hall–Kier alpha value is -1.39. The van der Waals surface area contributed by atoms with Gasteiger partial charge in [-0.1, -0.05) is 0 Å². The fourth-order valence-electron chi connectivity index (χ4n) is 0.805. The fraction of sp³-hybridized carbons (Fsp3) is 0.429. The molecule has 5 heteroatoms. The third-order valence-electron chi connectivity index (χ3n) is 1.40. The van der Waals surface area contributed by atoms with Crippen LogP contribution in [0.25, 0.3) is 0 Å². The Morgan fingerprint density at radius 3 is 2.33 bits per heavy atom. The molecule has 0 bridgehead atoms. The first-order chi connectivity index (χ1) is 5.65. The smallest absolute Gasteiger partial charge is 0.330 e. The molecule has 0 spiro atoms. The first-order valence-electron chi connectivity index (χ1n) is 3.51. The van der Waals surface area contributed by atoms with Crippen molar-refractivity contribution in [1.82, 2.24) is 5.06 Å². The Bertz CT molecular complexity index is 220. The van der Waals surface area contributed by atoms with Crippen molar-refractivity contribution < 1.29 is 19.2 Å². The highest BCUT2D eigenvalue weighted by atomic mass is 16.7. The number of hydrogen-bond donors (Lipinski definition) is 0. The molecule has 0 unspecified atom stereocenters. The van der Waals surface area contributed by atoms with E-state index in [0.717, 1.165) is 0 Å². The molecule has 0 aromatic rings. The number of carbonyl (C=O) groups excluding carboxylic acids is 3. The summed E-state index contributed by atoms with van der Waals surface area (Å²) in [5, 5.41) is 0.507. The van der Waals surface area contributed by atoms with Gasteiger partial charge in [-0.15, -0.1) is 5.06 Å². The predicted octanol–water partition coefficient (Wildman–Crippen LogP) is -0.182. The SMILES string of the molecule is [CH2]CC(=O)ON1C(=O)CCC1=O. The van der Waals surface area contributed by atoms with Crippen molar-refractivity contribution in [2.24, 2.45) is 0 Å². The highest BCUT2D eigenvalue weighted by Gasteiger charge is 2.32. The Labute approximate surface area is 69.2 Å². The summed E-state index contributed by atoms with van der Waals surface area (Å²) in [6, 6.07) is 0. The van der Waals surface area contributed by atoms with Gasteiger partial charge in [0.1, 0.15) is 0 Å². The van der Waals surface area contributed by atoms with Crippen molar-refractivity contribution in [3.05, 3.63) is 6.92 Å². The Morgan fingerprint density at radius 2 is 1.92 bits per heavy atom. The van der Waals surface area contributed by atoms with Crippen LogP contribution < -0.4 is 0 Å². The second-order valence-corrected chi connectivity index (χ2v) is 2.30. The van der Waals surface area contributed by atoms with Crippen LogP contribution in [0, 0.1) is 6.92 Å². The molecule has 12 heavy (non-hydrogen) atoms. The lowest BCUT2D eigenvalue weighted by atomic mass is 10.4. The molecule has 1 heterocycles. The summed E-state index contributed by atoms with van der Waals surface area (Å²) in [5.74, 6) is -1.62. The fourth-order valence-corrected chi connectivity index (χ4v) is 0.805. The zero-order valence-corrected chi connectivity index (χ0v) is 6.41. The summed E-state index contributed by atoms with van der Waals surface area (Å²) in [7, 11) is 0. The molecule has 1 aliphatic heterocycles. The molecule has 5 nitrogen and oxygen atoms in total. The van der Waals surface area contributed by atoms with Crippen LogP contribution in [0.3, 0.4) is 0 Å². The lowest BCUT2D eigenvalue weighted by molar-refractivity contribution is -0.196. The Morgan fingerprint density at radius 1 is 1.42 bits per heavy atom. The largest absolute Gasteiger partial charge is 0.333 e. The van der Waals surface area contributed by atoms with Crippen LogP contribution in [0.1, 0.15) is 19.3 Å². The van der Waals surface area contributed by atoms with Gasteiger partial charge < -0.3 is 4.84 Å². The maximum absolute atomic E-state index is 10.8. The summed E-state index contributed by atoms with van der Waals surface area (Å²) < 4.78 is 0. The van der Waals surface area contributed by atoms with Crippen molar-refractivity contribution in [2.75, 3.05) is 0 Å². The molecule has 2 amide bonds. The second kappa shape index (κ2) is 3.34. The van der Waals surface area contributed by atoms with E-state index in [1.54, 1.807) is 0 Å². The van der Waals surface area contributed by atoms with E-state index >= 15 is 0 Å². The quantitative estimate of drug-likeness (QED) is 0.539. The van der Waals surface area contributed by atoms with E-state index in [9.17, 15) is 14.4 Å². The van der Waals surface area contributed by atoms with Gasteiger partial charge in [0.15, 0.2) is 0 Å². The summed E-state index contributed by atoms with van der Waals surface area (Å²) in [4.78, 5) is 36.7. The number of amides is 2. The zero-order valence-electron chi connectivity index (χ0n) is 6.41. The van der Waals surface area contributed by atoms with E-state index in [0.29, 0.717) is 5.06 Å². The summed E-state index contributed by atoms with van der Waals surface area (Å²) in [6.07, 6.45) is 0.129. The average Bonchev–Trinajstić information content (AvgIpc) is 2.35. The molecule has 0 saturated carbocycles. The first-order valence-corrected chi connectivity index (χ1v) is 3.51. The molecule has 0 atom stereocenters. The van der Waals surface area contributed by atoms with Crippen LogP contribution in [-0.2, 0) is 19.2 Å². The number of rotatable bonds is 2. The average molecular weight is 170 g/mol. The standard InChI is InChI=1S/C7H8NO4/c1-2-7(11)12-8-5(9)3-4-6(8)10/h1-4H2. The first kappa shape index (κ1) is 8.70. The van der Waals surface area contributed by atoms with Crippen molar-refractivity contribution in [1.29, 1.82) is 0 Å². The van der Waals surface area contributed by atoms with Crippen molar-refractivity contribution in [2.45, 2.75) is 19.3 Å².